The second-order valence-corrected chi connectivity index (χ2v) is 7.65. The van der Waals surface area contributed by atoms with Crippen LogP contribution in [0.5, 0.6) is 5.75 Å². The summed E-state index contributed by atoms with van der Waals surface area (Å²) in [4.78, 5) is 4.64. The maximum atomic E-state index is 6.18. The molecule has 0 aromatic heterocycles. The van der Waals surface area contributed by atoms with Crippen LogP contribution in [-0.2, 0) is 0 Å². The average Bonchev–Trinajstić information content (AvgIpc) is 2.63. The Morgan fingerprint density at radius 2 is 1.69 bits per heavy atom. The first kappa shape index (κ1) is 20.5. The van der Waals surface area contributed by atoms with Gasteiger partial charge in [-0.1, -0.05) is 37.7 Å². The van der Waals surface area contributed by atoms with Gasteiger partial charge in [-0.25, -0.2) is 0 Å². The van der Waals surface area contributed by atoms with E-state index in [1.54, 1.807) is 11.8 Å². The lowest BCUT2D eigenvalue weighted by molar-refractivity contribution is 0.144. The van der Waals surface area contributed by atoms with Crippen molar-refractivity contribution in [1.29, 1.82) is 0 Å². The molecule has 0 fully saturated rings. The molecule has 0 aliphatic rings. The SMILES string of the molecule is CCCN(CCC)C(C)COc1ccccc1Sc1ccc(N)c(N)c1. The smallest absolute Gasteiger partial charge is 0.133 e. The van der Waals surface area contributed by atoms with Crippen molar-refractivity contribution in [3.8, 4) is 5.75 Å². The minimum absolute atomic E-state index is 0.389. The molecular formula is C21H31N3OS. The fraction of sp³-hybridized carbons (Fsp3) is 0.429. The van der Waals surface area contributed by atoms with E-state index >= 15 is 0 Å². The molecule has 4 N–H and O–H groups in total. The normalized spacial score (nSPS) is 12.3. The molecular weight excluding hydrogens is 342 g/mol. The predicted molar refractivity (Wildman–Crippen MR) is 113 cm³/mol. The van der Waals surface area contributed by atoms with E-state index in [1.165, 1.54) is 0 Å². The lowest BCUT2D eigenvalue weighted by Gasteiger charge is -2.28. The Bertz CT molecular complexity index is 687. The summed E-state index contributed by atoms with van der Waals surface area (Å²) in [6.45, 7) is 9.59. The van der Waals surface area contributed by atoms with Gasteiger partial charge in [-0.2, -0.15) is 0 Å². The number of hydrogen-bond acceptors (Lipinski definition) is 5. The first-order valence-electron chi connectivity index (χ1n) is 9.33. The van der Waals surface area contributed by atoms with Gasteiger partial charge in [-0.3, -0.25) is 4.90 Å². The Morgan fingerprint density at radius 1 is 1.00 bits per heavy atom. The van der Waals surface area contributed by atoms with Crippen molar-refractivity contribution in [3.05, 3.63) is 42.5 Å². The molecule has 0 saturated heterocycles. The minimum atomic E-state index is 0.389. The maximum absolute atomic E-state index is 6.18. The predicted octanol–water partition coefficient (Wildman–Crippen LogP) is 4.89. The molecule has 0 amide bonds. The monoisotopic (exact) mass is 373 g/mol. The molecule has 1 atom stereocenters. The summed E-state index contributed by atoms with van der Waals surface area (Å²) in [5, 5.41) is 0. The van der Waals surface area contributed by atoms with Crippen LogP contribution in [0.25, 0.3) is 0 Å². The van der Waals surface area contributed by atoms with Gasteiger partial charge in [0.05, 0.1) is 16.3 Å². The van der Waals surface area contributed by atoms with Crippen molar-refractivity contribution >= 4 is 23.1 Å². The highest BCUT2D eigenvalue weighted by atomic mass is 32.2. The summed E-state index contributed by atoms with van der Waals surface area (Å²) in [6.07, 6.45) is 2.32. The van der Waals surface area contributed by atoms with E-state index in [-0.39, 0.29) is 0 Å². The fourth-order valence-corrected chi connectivity index (χ4v) is 3.79. The van der Waals surface area contributed by atoms with E-state index < -0.39 is 0 Å². The molecule has 0 bridgehead atoms. The largest absolute Gasteiger partial charge is 0.491 e. The number of anilines is 2. The lowest BCUT2D eigenvalue weighted by Crippen LogP contribution is -2.38. The molecule has 2 aromatic carbocycles. The molecule has 0 aliphatic carbocycles. The minimum Gasteiger partial charge on any atom is -0.491 e. The van der Waals surface area contributed by atoms with Crippen LogP contribution in [-0.4, -0.2) is 30.6 Å². The molecule has 2 rings (SSSR count). The number of hydrogen-bond donors (Lipinski definition) is 2. The molecule has 142 valence electrons. The van der Waals surface area contributed by atoms with Gasteiger partial charge in [-0.05, 0) is 63.2 Å². The molecule has 2 aromatic rings. The number of ether oxygens (including phenoxy) is 1. The Kier molecular flexibility index (Phi) is 8.13. The van der Waals surface area contributed by atoms with E-state index in [4.69, 9.17) is 16.2 Å². The number of nitrogens with zero attached hydrogens (tertiary/aromatic N) is 1. The zero-order chi connectivity index (χ0) is 18.9. The second kappa shape index (κ2) is 10.3. The summed E-state index contributed by atoms with van der Waals surface area (Å²) in [6, 6.07) is 14.3. The van der Waals surface area contributed by atoms with Crippen molar-refractivity contribution in [2.75, 3.05) is 31.2 Å². The van der Waals surface area contributed by atoms with Gasteiger partial charge in [0.25, 0.3) is 0 Å². The zero-order valence-corrected chi connectivity index (χ0v) is 16.9. The van der Waals surface area contributed by atoms with Crippen molar-refractivity contribution in [3.63, 3.8) is 0 Å². The zero-order valence-electron chi connectivity index (χ0n) is 16.1. The molecule has 0 aliphatic heterocycles. The van der Waals surface area contributed by atoms with Crippen molar-refractivity contribution in [1.82, 2.24) is 4.90 Å². The van der Waals surface area contributed by atoms with Crippen LogP contribution in [0.3, 0.4) is 0 Å². The van der Waals surface area contributed by atoms with Crippen LogP contribution < -0.4 is 16.2 Å². The third-order valence-electron chi connectivity index (χ3n) is 4.26. The molecule has 0 radical (unpaired) electrons. The molecule has 0 saturated carbocycles. The van der Waals surface area contributed by atoms with E-state index in [0.29, 0.717) is 24.0 Å². The van der Waals surface area contributed by atoms with E-state index in [2.05, 4.69) is 31.7 Å². The van der Waals surface area contributed by atoms with Gasteiger partial charge in [0.1, 0.15) is 12.4 Å². The van der Waals surface area contributed by atoms with Gasteiger partial charge < -0.3 is 16.2 Å². The summed E-state index contributed by atoms with van der Waals surface area (Å²) < 4.78 is 6.18. The lowest BCUT2D eigenvalue weighted by atomic mass is 10.2. The Morgan fingerprint density at radius 3 is 2.35 bits per heavy atom. The fourth-order valence-electron chi connectivity index (χ4n) is 2.84. The second-order valence-electron chi connectivity index (χ2n) is 6.54. The van der Waals surface area contributed by atoms with Gasteiger partial charge in [0.2, 0.25) is 0 Å². The summed E-state index contributed by atoms with van der Waals surface area (Å²) in [5.74, 6) is 0.910. The molecule has 0 spiro atoms. The van der Waals surface area contributed by atoms with Crippen LogP contribution >= 0.6 is 11.8 Å². The van der Waals surface area contributed by atoms with Crippen molar-refractivity contribution < 1.29 is 4.74 Å². The molecule has 1 unspecified atom stereocenters. The highest BCUT2D eigenvalue weighted by Crippen LogP contribution is 2.36. The van der Waals surface area contributed by atoms with Crippen molar-refractivity contribution in [2.24, 2.45) is 0 Å². The maximum Gasteiger partial charge on any atom is 0.133 e. The number of rotatable bonds is 10. The number of benzene rings is 2. The van der Waals surface area contributed by atoms with Crippen LogP contribution in [0.15, 0.2) is 52.3 Å². The van der Waals surface area contributed by atoms with Gasteiger partial charge >= 0.3 is 0 Å². The third-order valence-corrected chi connectivity index (χ3v) is 5.31. The topological polar surface area (TPSA) is 64.5 Å². The van der Waals surface area contributed by atoms with Crippen LogP contribution in [0, 0.1) is 0 Å². The van der Waals surface area contributed by atoms with Gasteiger partial charge in [0.15, 0.2) is 0 Å². The van der Waals surface area contributed by atoms with Gasteiger partial charge in [-0.15, -0.1) is 0 Å². The van der Waals surface area contributed by atoms with Crippen LogP contribution in [0.1, 0.15) is 33.6 Å². The standard InChI is InChI=1S/C21H31N3OS/c1-4-12-24(13-5-2)16(3)15-25-20-8-6-7-9-21(20)26-17-10-11-18(22)19(23)14-17/h6-11,14,16H,4-5,12-13,15,22-23H2,1-3H3. The van der Waals surface area contributed by atoms with Crippen molar-refractivity contribution in [2.45, 2.75) is 49.4 Å². The summed E-state index contributed by atoms with van der Waals surface area (Å²) in [7, 11) is 0. The molecule has 26 heavy (non-hydrogen) atoms. The summed E-state index contributed by atoms with van der Waals surface area (Å²) >= 11 is 1.64. The molecule has 0 heterocycles. The Labute approximate surface area is 161 Å². The van der Waals surface area contributed by atoms with Crippen LogP contribution in [0.2, 0.25) is 0 Å². The van der Waals surface area contributed by atoms with E-state index in [9.17, 15) is 0 Å². The number of nitrogen functional groups attached to an aromatic ring is 2. The van der Waals surface area contributed by atoms with E-state index in [0.717, 1.165) is 41.5 Å². The highest BCUT2D eigenvalue weighted by Gasteiger charge is 2.14. The Balaban J connectivity index is 2.05. The third kappa shape index (κ3) is 5.85. The Hall–Kier alpha value is -1.85. The summed E-state index contributed by atoms with van der Waals surface area (Å²) in [5.41, 5.74) is 13.0. The number of nitrogens with two attached hydrogens (primary N) is 2. The quantitative estimate of drug-likeness (QED) is 0.580. The number of para-hydroxylation sites is 1. The van der Waals surface area contributed by atoms with E-state index in [1.807, 2.05) is 36.4 Å². The molecule has 5 heteroatoms. The average molecular weight is 374 g/mol. The van der Waals surface area contributed by atoms with Crippen LogP contribution in [0.4, 0.5) is 11.4 Å². The molecule has 4 nitrogen and oxygen atoms in total. The first-order chi connectivity index (χ1) is 12.5. The highest BCUT2D eigenvalue weighted by molar-refractivity contribution is 7.99. The first-order valence-corrected chi connectivity index (χ1v) is 10.2. The van der Waals surface area contributed by atoms with Gasteiger partial charge in [0, 0.05) is 10.9 Å².